The normalized spacial score (nSPS) is 15.4. The number of rotatable bonds is 2. The zero-order valence-corrected chi connectivity index (χ0v) is 10.4. The lowest BCUT2D eigenvalue weighted by molar-refractivity contribution is -0.385. The van der Waals surface area contributed by atoms with E-state index in [0.29, 0.717) is 13.1 Å². The standard InChI is InChI=1S/C10H12N4O3S/c11-9-8(5-7(6-12-9)14(16)17)10(15)13-1-3-18-4-2-13/h5-6H,1-4H2,(H2,11,12). The first-order valence-electron chi connectivity index (χ1n) is 5.36. The Labute approximate surface area is 108 Å². The van der Waals surface area contributed by atoms with Gasteiger partial charge in [-0.3, -0.25) is 14.9 Å². The average molecular weight is 268 g/mol. The molecule has 1 saturated heterocycles. The fourth-order valence-corrected chi connectivity index (χ4v) is 2.58. The summed E-state index contributed by atoms with van der Waals surface area (Å²) in [5.74, 6) is 1.48. The van der Waals surface area contributed by atoms with Gasteiger partial charge in [0.15, 0.2) is 0 Å². The molecule has 96 valence electrons. The van der Waals surface area contributed by atoms with E-state index in [9.17, 15) is 14.9 Å². The van der Waals surface area contributed by atoms with E-state index in [1.807, 2.05) is 0 Å². The second-order valence-electron chi connectivity index (χ2n) is 3.79. The zero-order chi connectivity index (χ0) is 13.1. The van der Waals surface area contributed by atoms with Crippen LogP contribution in [0.5, 0.6) is 0 Å². The highest BCUT2D eigenvalue weighted by Crippen LogP contribution is 2.20. The SMILES string of the molecule is Nc1ncc([N+](=O)[O-])cc1C(=O)N1CCSCC1. The van der Waals surface area contributed by atoms with Crippen molar-refractivity contribution >= 4 is 29.2 Å². The maximum Gasteiger partial charge on any atom is 0.288 e. The molecule has 18 heavy (non-hydrogen) atoms. The molecule has 0 spiro atoms. The maximum atomic E-state index is 12.2. The van der Waals surface area contributed by atoms with Crippen molar-refractivity contribution in [3.05, 3.63) is 27.9 Å². The molecule has 1 aliphatic heterocycles. The van der Waals surface area contributed by atoms with Gasteiger partial charge >= 0.3 is 0 Å². The number of carbonyl (C=O) groups excluding carboxylic acids is 1. The first-order valence-corrected chi connectivity index (χ1v) is 6.52. The van der Waals surface area contributed by atoms with Crippen molar-refractivity contribution in [2.45, 2.75) is 0 Å². The van der Waals surface area contributed by atoms with Gasteiger partial charge in [0.2, 0.25) is 0 Å². The van der Waals surface area contributed by atoms with E-state index >= 15 is 0 Å². The molecule has 0 unspecified atom stereocenters. The van der Waals surface area contributed by atoms with E-state index in [4.69, 9.17) is 5.73 Å². The molecular formula is C10H12N4O3S. The maximum absolute atomic E-state index is 12.2. The van der Waals surface area contributed by atoms with Crippen LogP contribution in [-0.4, -0.2) is 45.3 Å². The predicted molar refractivity (Wildman–Crippen MR) is 68.5 cm³/mol. The highest BCUT2D eigenvalue weighted by molar-refractivity contribution is 7.99. The van der Waals surface area contributed by atoms with Gasteiger partial charge in [-0.1, -0.05) is 0 Å². The third-order valence-electron chi connectivity index (χ3n) is 2.64. The van der Waals surface area contributed by atoms with Crippen molar-refractivity contribution in [2.24, 2.45) is 0 Å². The number of amides is 1. The Balaban J connectivity index is 2.28. The summed E-state index contributed by atoms with van der Waals surface area (Å²) < 4.78 is 0. The molecule has 1 aromatic heterocycles. The second-order valence-corrected chi connectivity index (χ2v) is 5.01. The number of thioether (sulfide) groups is 1. The number of aromatic nitrogens is 1. The van der Waals surface area contributed by atoms with Gasteiger partial charge in [0, 0.05) is 30.7 Å². The summed E-state index contributed by atoms with van der Waals surface area (Å²) >= 11 is 1.77. The van der Waals surface area contributed by atoms with Crippen LogP contribution in [0.2, 0.25) is 0 Å². The monoisotopic (exact) mass is 268 g/mol. The van der Waals surface area contributed by atoms with Gasteiger partial charge in [0.1, 0.15) is 12.0 Å². The molecule has 2 heterocycles. The van der Waals surface area contributed by atoms with Gasteiger partial charge in [0.05, 0.1) is 10.5 Å². The fraction of sp³-hybridized carbons (Fsp3) is 0.400. The van der Waals surface area contributed by atoms with Crippen molar-refractivity contribution in [2.75, 3.05) is 30.3 Å². The first-order chi connectivity index (χ1) is 8.59. The number of nitro groups is 1. The van der Waals surface area contributed by atoms with Crippen molar-refractivity contribution in [3.8, 4) is 0 Å². The van der Waals surface area contributed by atoms with Crippen LogP contribution in [0.1, 0.15) is 10.4 Å². The molecule has 0 radical (unpaired) electrons. The lowest BCUT2D eigenvalue weighted by Gasteiger charge is -2.26. The molecule has 0 aromatic carbocycles. The summed E-state index contributed by atoms with van der Waals surface area (Å²) in [6.45, 7) is 1.26. The molecule has 2 rings (SSSR count). The van der Waals surface area contributed by atoms with Crippen LogP contribution in [0.25, 0.3) is 0 Å². The quantitative estimate of drug-likeness (QED) is 0.627. The Kier molecular flexibility index (Phi) is 3.66. The molecule has 8 heteroatoms. The van der Waals surface area contributed by atoms with E-state index < -0.39 is 4.92 Å². The molecule has 1 amide bonds. The second kappa shape index (κ2) is 5.21. The Bertz CT molecular complexity index is 488. The van der Waals surface area contributed by atoms with Crippen molar-refractivity contribution in [3.63, 3.8) is 0 Å². The van der Waals surface area contributed by atoms with Gasteiger partial charge in [-0.2, -0.15) is 11.8 Å². The topological polar surface area (TPSA) is 102 Å². The van der Waals surface area contributed by atoms with Crippen LogP contribution in [-0.2, 0) is 0 Å². The van der Waals surface area contributed by atoms with E-state index in [1.54, 1.807) is 16.7 Å². The number of carbonyl (C=O) groups is 1. The van der Waals surface area contributed by atoms with Crippen LogP contribution in [0.15, 0.2) is 12.3 Å². The lowest BCUT2D eigenvalue weighted by Crippen LogP contribution is -2.38. The Morgan fingerprint density at radius 3 is 2.78 bits per heavy atom. The predicted octanol–water partition coefficient (Wildman–Crippen LogP) is 0.761. The van der Waals surface area contributed by atoms with Crippen LogP contribution < -0.4 is 5.73 Å². The highest BCUT2D eigenvalue weighted by Gasteiger charge is 2.23. The third-order valence-corrected chi connectivity index (χ3v) is 3.59. The van der Waals surface area contributed by atoms with Crippen molar-refractivity contribution in [1.29, 1.82) is 0 Å². The number of hydrogen-bond donors (Lipinski definition) is 1. The van der Waals surface area contributed by atoms with Gasteiger partial charge in [-0.15, -0.1) is 0 Å². The average Bonchev–Trinajstić information content (AvgIpc) is 2.39. The molecular weight excluding hydrogens is 256 g/mol. The van der Waals surface area contributed by atoms with E-state index in [2.05, 4.69) is 4.98 Å². The Morgan fingerprint density at radius 1 is 1.50 bits per heavy atom. The molecule has 1 aliphatic rings. The molecule has 1 aromatic rings. The molecule has 0 atom stereocenters. The highest BCUT2D eigenvalue weighted by atomic mass is 32.2. The lowest BCUT2D eigenvalue weighted by atomic mass is 10.2. The summed E-state index contributed by atoms with van der Waals surface area (Å²) in [5, 5.41) is 10.7. The molecule has 0 saturated carbocycles. The molecule has 0 bridgehead atoms. The number of nitrogens with zero attached hydrogens (tertiary/aromatic N) is 3. The van der Waals surface area contributed by atoms with Crippen LogP contribution in [0.4, 0.5) is 11.5 Å². The number of hydrogen-bond acceptors (Lipinski definition) is 6. The summed E-state index contributed by atoms with van der Waals surface area (Å²) in [6, 6.07) is 1.19. The van der Waals surface area contributed by atoms with Gasteiger partial charge < -0.3 is 10.6 Å². The summed E-state index contributed by atoms with van der Waals surface area (Å²) in [5.41, 5.74) is 5.50. The zero-order valence-electron chi connectivity index (χ0n) is 9.54. The van der Waals surface area contributed by atoms with Gasteiger partial charge in [0.25, 0.3) is 11.6 Å². The minimum absolute atomic E-state index is 0.0313. The number of anilines is 1. The minimum atomic E-state index is -0.588. The summed E-state index contributed by atoms with van der Waals surface area (Å²) in [6.07, 6.45) is 1.05. The Morgan fingerprint density at radius 2 is 2.17 bits per heavy atom. The first kappa shape index (κ1) is 12.6. The minimum Gasteiger partial charge on any atom is -0.383 e. The molecule has 0 aliphatic carbocycles. The number of nitrogens with two attached hydrogens (primary N) is 1. The smallest absolute Gasteiger partial charge is 0.288 e. The van der Waals surface area contributed by atoms with E-state index in [1.165, 1.54) is 6.07 Å². The molecule has 1 fully saturated rings. The number of pyridine rings is 1. The van der Waals surface area contributed by atoms with Gasteiger partial charge in [-0.05, 0) is 0 Å². The molecule has 7 nitrogen and oxygen atoms in total. The largest absolute Gasteiger partial charge is 0.383 e. The van der Waals surface area contributed by atoms with Crippen LogP contribution in [0.3, 0.4) is 0 Å². The van der Waals surface area contributed by atoms with E-state index in [0.717, 1.165) is 17.7 Å². The summed E-state index contributed by atoms with van der Waals surface area (Å²) in [4.78, 5) is 27.6. The number of nitrogen functional groups attached to an aromatic ring is 1. The van der Waals surface area contributed by atoms with Gasteiger partial charge in [-0.25, -0.2) is 4.98 Å². The summed E-state index contributed by atoms with van der Waals surface area (Å²) in [7, 11) is 0. The fourth-order valence-electron chi connectivity index (χ4n) is 1.67. The van der Waals surface area contributed by atoms with Crippen molar-refractivity contribution in [1.82, 2.24) is 9.88 Å². The Hall–Kier alpha value is -1.83. The molecule has 2 N–H and O–H groups in total. The third kappa shape index (κ3) is 2.53. The van der Waals surface area contributed by atoms with Crippen molar-refractivity contribution < 1.29 is 9.72 Å². The van der Waals surface area contributed by atoms with E-state index in [-0.39, 0.29) is 23.0 Å². The van der Waals surface area contributed by atoms with Crippen LogP contribution in [0, 0.1) is 10.1 Å². The van der Waals surface area contributed by atoms with Crippen LogP contribution >= 0.6 is 11.8 Å².